The van der Waals surface area contributed by atoms with E-state index < -0.39 is 0 Å². The molecule has 2 aliphatic heterocycles. The first-order valence-corrected chi connectivity index (χ1v) is 11.0. The molecule has 1 amide bonds. The number of likely N-dealkylation sites (N-methyl/N-ethyl adjacent to an activating group) is 1. The molecule has 0 spiro atoms. The topological polar surface area (TPSA) is 86.6 Å². The number of carbonyl (C=O) groups excluding carboxylic acids is 1. The summed E-state index contributed by atoms with van der Waals surface area (Å²) in [5.41, 5.74) is 1.79. The van der Waals surface area contributed by atoms with Gasteiger partial charge in [-0.25, -0.2) is 4.98 Å². The number of piperazine rings is 1. The van der Waals surface area contributed by atoms with Crippen LogP contribution in [0.2, 0.25) is 5.02 Å². The predicted molar refractivity (Wildman–Crippen MR) is 126 cm³/mol. The van der Waals surface area contributed by atoms with Gasteiger partial charge in [-0.3, -0.25) is 9.59 Å². The fourth-order valence-corrected chi connectivity index (χ4v) is 4.19. The number of nitrogens with one attached hydrogen (secondary N) is 1. The zero-order valence-corrected chi connectivity index (χ0v) is 18.8. The Morgan fingerprint density at radius 3 is 2.50 bits per heavy atom. The minimum Gasteiger partial charge on any atom is -0.339 e. The van der Waals surface area contributed by atoms with Crippen molar-refractivity contribution in [2.24, 2.45) is 7.05 Å². The van der Waals surface area contributed by atoms with Gasteiger partial charge in [0, 0.05) is 57.3 Å². The number of rotatable bonds is 4. The molecule has 2 aromatic heterocycles. The molecule has 0 aliphatic carbocycles. The minimum atomic E-state index is -0.179. The van der Waals surface area contributed by atoms with Crippen LogP contribution in [-0.4, -0.2) is 65.1 Å². The largest absolute Gasteiger partial charge is 0.339 e. The molecule has 2 saturated heterocycles. The number of amides is 1. The fraction of sp³-hybridized carbons (Fsp3) is 0.364. The molecule has 166 valence electrons. The van der Waals surface area contributed by atoms with Gasteiger partial charge in [-0.1, -0.05) is 11.6 Å². The third kappa shape index (κ3) is 3.67. The van der Waals surface area contributed by atoms with Crippen LogP contribution in [0.15, 0.2) is 35.3 Å². The Morgan fingerprint density at radius 2 is 1.81 bits per heavy atom. The van der Waals surface area contributed by atoms with Crippen molar-refractivity contribution in [1.29, 1.82) is 0 Å². The Morgan fingerprint density at radius 1 is 1.03 bits per heavy atom. The highest BCUT2D eigenvalue weighted by atomic mass is 35.5. The van der Waals surface area contributed by atoms with Crippen LogP contribution >= 0.6 is 11.6 Å². The number of fused-ring (bicyclic) bond motifs is 1. The maximum atomic E-state index is 12.7. The van der Waals surface area contributed by atoms with E-state index in [1.807, 2.05) is 18.2 Å². The van der Waals surface area contributed by atoms with Crippen LogP contribution in [0.1, 0.15) is 6.42 Å². The highest BCUT2D eigenvalue weighted by molar-refractivity contribution is 6.32. The molecule has 0 atom stereocenters. The molecule has 9 nitrogen and oxygen atoms in total. The van der Waals surface area contributed by atoms with E-state index in [4.69, 9.17) is 11.6 Å². The first-order valence-electron chi connectivity index (χ1n) is 10.6. The van der Waals surface area contributed by atoms with E-state index in [1.165, 1.54) is 4.90 Å². The van der Waals surface area contributed by atoms with Gasteiger partial charge < -0.3 is 24.6 Å². The zero-order valence-electron chi connectivity index (χ0n) is 18.0. The van der Waals surface area contributed by atoms with Crippen LogP contribution in [-0.2, 0) is 11.8 Å². The summed E-state index contributed by atoms with van der Waals surface area (Å²) in [6.07, 6.45) is 2.09. The summed E-state index contributed by atoms with van der Waals surface area (Å²) in [5.74, 6) is 1.14. The second-order valence-electron chi connectivity index (χ2n) is 8.24. The molecule has 1 aromatic carbocycles. The third-order valence-electron chi connectivity index (χ3n) is 6.13. The predicted octanol–water partition coefficient (Wildman–Crippen LogP) is 2.21. The Bertz CT molecular complexity index is 1270. The normalized spacial score (nSPS) is 17.0. The van der Waals surface area contributed by atoms with Crippen molar-refractivity contribution in [2.45, 2.75) is 6.42 Å². The van der Waals surface area contributed by atoms with Crippen molar-refractivity contribution >= 4 is 51.6 Å². The van der Waals surface area contributed by atoms with E-state index in [9.17, 15) is 9.59 Å². The van der Waals surface area contributed by atoms with Crippen LogP contribution in [0, 0.1) is 0 Å². The van der Waals surface area contributed by atoms with Gasteiger partial charge in [0.05, 0.1) is 11.7 Å². The summed E-state index contributed by atoms with van der Waals surface area (Å²) in [7, 11) is 3.82. The van der Waals surface area contributed by atoms with Crippen LogP contribution in [0.4, 0.5) is 23.1 Å². The molecule has 0 bridgehead atoms. The molecule has 5 rings (SSSR count). The minimum absolute atomic E-state index is 0.0278. The maximum absolute atomic E-state index is 12.7. The molecule has 0 unspecified atom stereocenters. The maximum Gasteiger partial charge on any atom is 0.274 e. The molecule has 10 heteroatoms. The number of hydrogen-bond acceptors (Lipinski definition) is 7. The second-order valence-corrected chi connectivity index (χ2v) is 8.65. The highest BCUT2D eigenvalue weighted by Crippen LogP contribution is 2.29. The Labute approximate surface area is 190 Å². The lowest BCUT2D eigenvalue weighted by atomic mass is 10.1. The summed E-state index contributed by atoms with van der Waals surface area (Å²) in [6, 6.07) is 7.45. The Balaban J connectivity index is 1.46. The van der Waals surface area contributed by atoms with Gasteiger partial charge in [0.25, 0.3) is 5.56 Å². The van der Waals surface area contributed by atoms with Gasteiger partial charge in [0.1, 0.15) is 10.7 Å². The van der Waals surface area contributed by atoms with E-state index in [0.29, 0.717) is 35.4 Å². The molecule has 3 aromatic rings. The van der Waals surface area contributed by atoms with Crippen molar-refractivity contribution in [1.82, 2.24) is 19.4 Å². The van der Waals surface area contributed by atoms with E-state index >= 15 is 0 Å². The van der Waals surface area contributed by atoms with E-state index in [-0.39, 0.29) is 11.5 Å². The number of aryl methyl sites for hydroxylation is 1. The first-order chi connectivity index (χ1) is 15.4. The van der Waals surface area contributed by atoms with Crippen LogP contribution in [0.25, 0.3) is 10.9 Å². The average Bonchev–Trinajstić information content (AvgIpc) is 2.78. The third-order valence-corrected chi connectivity index (χ3v) is 6.40. The smallest absolute Gasteiger partial charge is 0.274 e. The van der Waals surface area contributed by atoms with Crippen molar-refractivity contribution in [2.75, 3.05) is 54.9 Å². The SMILES string of the molecule is CN1CCN(c2ncc(Cl)c(Nc3ccc4c(c3)cc(N3CCC3=O)c(=O)n4C)n2)CC1. The van der Waals surface area contributed by atoms with Gasteiger partial charge in [-0.05, 0) is 31.3 Å². The lowest BCUT2D eigenvalue weighted by Gasteiger charge is -2.32. The number of aromatic nitrogens is 3. The number of nitrogens with zero attached hydrogens (tertiary/aromatic N) is 6. The van der Waals surface area contributed by atoms with E-state index in [0.717, 1.165) is 42.8 Å². The van der Waals surface area contributed by atoms with Gasteiger partial charge in [0.15, 0.2) is 5.82 Å². The molecule has 0 radical (unpaired) electrons. The summed E-state index contributed by atoms with van der Waals surface area (Å²) >= 11 is 6.38. The van der Waals surface area contributed by atoms with Crippen LogP contribution < -0.4 is 20.7 Å². The average molecular weight is 454 g/mol. The van der Waals surface area contributed by atoms with Crippen LogP contribution in [0.3, 0.4) is 0 Å². The molecular weight excluding hydrogens is 430 g/mol. The second kappa shape index (κ2) is 8.07. The van der Waals surface area contributed by atoms with Gasteiger partial charge in [-0.2, -0.15) is 4.98 Å². The van der Waals surface area contributed by atoms with Crippen molar-refractivity contribution in [3.8, 4) is 0 Å². The Hall–Kier alpha value is -3.17. The first kappa shape index (κ1) is 20.7. The molecule has 4 heterocycles. The zero-order chi connectivity index (χ0) is 22.4. The quantitative estimate of drug-likeness (QED) is 0.606. The monoisotopic (exact) mass is 453 g/mol. The summed E-state index contributed by atoms with van der Waals surface area (Å²) < 4.78 is 1.57. The molecular formula is C22H24ClN7O2. The molecule has 2 fully saturated rings. The van der Waals surface area contributed by atoms with E-state index in [2.05, 4.69) is 32.1 Å². The Kier molecular flexibility index (Phi) is 5.22. The van der Waals surface area contributed by atoms with Crippen LogP contribution in [0.5, 0.6) is 0 Å². The lowest BCUT2D eigenvalue weighted by molar-refractivity contribution is -0.122. The summed E-state index contributed by atoms with van der Waals surface area (Å²) in [4.78, 5) is 39.6. The number of halogens is 1. The standard InChI is InChI=1S/C22H24ClN7O2/c1-27-7-9-29(10-8-27)22-24-13-16(23)20(26-22)25-15-3-4-17-14(11-15)12-18(21(32)28(17)2)30-6-5-19(30)31/h3-4,11-13H,5-10H2,1-2H3,(H,24,25,26). The fourth-order valence-electron chi connectivity index (χ4n) is 4.05. The number of hydrogen-bond donors (Lipinski definition) is 1. The number of β-lactam (4-membered cyclic amide) rings is 1. The molecule has 0 saturated carbocycles. The molecule has 1 N–H and O–H groups in total. The van der Waals surface area contributed by atoms with Crippen molar-refractivity contribution in [3.05, 3.63) is 45.8 Å². The highest BCUT2D eigenvalue weighted by Gasteiger charge is 2.28. The molecule has 2 aliphatic rings. The van der Waals surface area contributed by atoms with Gasteiger partial charge in [-0.15, -0.1) is 0 Å². The van der Waals surface area contributed by atoms with Crippen molar-refractivity contribution in [3.63, 3.8) is 0 Å². The van der Waals surface area contributed by atoms with E-state index in [1.54, 1.807) is 23.9 Å². The van der Waals surface area contributed by atoms with Crippen molar-refractivity contribution < 1.29 is 4.79 Å². The van der Waals surface area contributed by atoms with Gasteiger partial charge in [0.2, 0.25) is 11.9 Å². The number of benzene rings is 1. The summed E-state index contributed by atoms with van der Waals surface area (Å²) in [6.45, 7) is 4.21. The lowest BCUT2D eigenvalue weighted by Crippen LogP contribution is -2.46. The van der Waals surface area contributed by atoms with Gasteiger partial charge >= 0.3 is 0 Å². The summed E-state index contributed by atoms with van der Waals surface area (Å²) in [5, 5.41) is 4.55. The number of anilines is 4. The number of carbonyl (C=O) groups is 1. The number of pyridine rings is 1. The molecule has 32 heavy (non-hydrogen) atoms.